The van der Waals surface area contributed by atoms with E-state index in [1.807, 2.05) is 13.0 Å². The van der Waals surface area contributed by atoms with Crippen LogP contribution >= 0.6 is 11.8 Å². The van der Waals surface area contributed by atoms with Crippen molar-refractivity contribution in [3.05, 3.63) is 59.0 Å². The van der Waals surface area contributed by atoms with E-state index in [9.17, 15) is 4.79 Å². The van der Waals surface area contributed by atoms with Gasteiger partial charge >= 0.3 is 0 Å². The largest absolute Gasteiger partial charge is 0.372 e. The molecule has 0 N–H and O–H groups in total. The Morgan fingerprint density at radius 1 is 0.794 bits per heavy atom. The van der Waals surface area contributed by atoms with Gasteiger partial charge in [-0.3, -0.25) is 9.69 Å². The van der Waals surface area contributed by atoms with Crippen molar-refractivity contribution in [3.63, 3.8) is 0 Å². The maximum atomic E-state index is 13.1. The number of carbonyl (C=O) groups excluding carboxylic acids is 1. The lowest BCUT2D eigenvalue weighted by Gasteiger charge is -2.28. The van der Waals surface area contributed by atoms with Crippen molar-refractivity contribution >= 4 is 46.0 Å². The molecule has 3 heterocycles. The summed E-state index contributed by atoms with van der Waals surface area (Å²) in [5.41, 5.74) is 4.49. The normalized spacial score (nSPS) is 21.7. The molecule has 3 saturated heterocycles. The maximum absolute atomic E-state index is 13.1. The standard InChI is InChI=1S/C28H34N4OS/c1-2-32-27(33)26(21-22-9-13-24(14-10-22)30-17-5-3-6-18-30)34-28(32)29-23-11-15-25(16-12-23)31-19-7-4-8-20-31/h9-16,21H,2-8,17-20H2,1H3/b26-21-,29-28?. The highest BCUT2D eigenvalue weighted by Crippen LogP contribution is 2.35. The molecular formula is C28H34N4OS. The highest BCUT2D eigenvalue weighted by Gasteiger charge is 2.32. The van der Waals surface area contributed by atoms with Gasteiger partial charge in [-0.25, -0.2) is 4.99 Å². The van der Waals surface area contributed by atoms with Crippen LogP contribution in [0.1, 0.15) is 51.0 Å². The van der Waals surface area contributed by atoms with Gasteiger partial charge in [-0.05, 0) is 105 Å². The average molecular weight is 475 g/mol. The topological polar surface area (TPSA) is 39.2 Å². The quantitative estimate of drug-likeness (QED) is 0.477. The lowest BCUT2D eigenvalue weighted by Crippen LogP contribution is -2.29. The number of hydrogen-bond acceptors (Lipinski definition) is 5. The summed E-state index contributed by atoms with van der Waals surface area (Å²) >= 11 is 1.47. The average Bonchev–Trinajstić information content (AvgIpc) is 3.19. The number of nitrogens with zero attached hydrogens (tertiary/aromatic N) is 4. The van der Waals surface area contributed by atoms with E-state index in [2.05, 4.69) is 58.3 Å². The van der Waals surface area contributed by atoms with Crippen LogP contribution < -0.4 is 9.80 Å². The van der Waals surface area contributed by atoms with Gasteiger partial charge in [-0.2, -0.15) is 0 Å². The minimum absolute atomic E-state index is 0.0382. The van der Waals surface area contributed by atoms with Crippen molar-refractivity contribution in [1.29, 1.82) is 0 Å². The first-order valence-corrected chi connectivity index (χ1v) is 13.5. The second kappa shape index (κ2) is 10.7. The molecule has 3 aliphatic rings. The fourth-order valence-electron chi connectivity index (χ4n) is 4.96. The molecule has 34 heavy (non-hydrogen) atoms. The molecule has 6 heteroatoms. The van der Waals surface area contributed by atoms with Crippen LogP contribution in [-0.2, 0) is 4.79 Å². The fourth-order valence-corrected chi connectivity index (χ4v) is 6.02. The summed E-state index contributed by atoms with van der Waals surface area (Å²) in [6.45, 7) is 7.16. The van der Waals surface area contributed by atoms with Gasteiger partial charge in [-0.1, -0.05) is 12.1 Å². The number of rotatable bonds is 5. The molecule has 5 rings (SSSR count). The number of thioether (sulfide) groups is 1. The van der Waals surface area contributed by atoms with Gasteiger partial charge in [0.05, 0.1) is 10.6 Å². The van der Waals surface area contributed by atoms with Crippen LogP contribution in [0.25, 0.3) is 6.08 Å². The molecule has 0 radical (unpaired) electrons. The number of anilines is 2. The zero-order chi connectivity index (χ0) is 23.3. The summed E-state index contributed by atoms with van der Waals surface area (Å²) in [6.07, 6.45) is 9.74. The molecule has 0 saturated carbocycles. The second-order valence-electron chi connectivity index (χ2n) is 9.26. The Kier molecular flexibility index (Phi) is 7.24. The third-order valence-electron chi connectivity index (χ3n) is 6.91. The molecule has 0 aliphatic carbocycles. The third-order valence-corrected chi connectivity index (χ3v) is 7.92. The predicted molar refractivity (Wildman–Crippen MR) is 145 cm³/mol. The third kappa shape index (κ3) is 5.17. The number of benzene rings is 2. The molecule has 0 atom stereocenters. The van der Waals surface area contributed by atoms with Crippen LogP contribution in [0.15, 0.2) is 58.4 Å². The molecule has 0 unspecified atom stereocenters. The van der Waals surface area contributed by atoms with Crippen LogP contribution in [0.4, 0.5) is 17.1 Å². The minimum Gasteiger partial charge on any atom is -0.372 e. The van der Waals surface area contributed by atoms with Crippen LogP contribution in [0.3, 0.4) is 0 Å². The van der Waals surface area contributed by atoms with Gasteiger partial charge in [0.2, 0.25) is 0 Å². The molecule has 0 bridgehead atoms. The van der Waals surface area contributed by atoms with E-state index in [0.717, 1.165) is 47.5 Å². The summed E-state index contributed by atoms with van der Waals surface area (Å²) in [5, 5.41) is 0.759. The number of carbonyl (C=O) groups is 1. The van der Waals surface area contributed by atoms with Crippen molar-refractivity contribution in [2.45, 2.75) is 45.4 Å². The van der Waals surface area contributed by atoms with Gasteiger partial charge in [-0.15, -0.1) is 0 Å². The zero-order valence-electron chi connectivity index (χ0n) is 20.1. The Balaban J connectivity index is 1.30. The van der Waals surface area contributed by atoms with E-state index in [-0.39, 0.29) is 5.91 Å². The highest BCUT2D eigenvalue weighted by molar-refractivity contribution is 8.18. The van der Waals surface area contributed by atoms with E-state index in [4.69, 9.17) is 4.99 Å². The lowest BCUT2D eigenvalue weighted by molar-refractivity contribution is -0.122. The molecule has 0 aromatic heterocycles. The molecule has 0 spiro atoms. The van der Waals surface area contributed by atoms with E-state index in [0.29, 0.717) is 6.54 Å². The number of aliphatic imine (C=N–C) groups is 1. The molecule has 3 aliphatic heterocycles. The van der Waals surface area contributed by atoms with E-state index in [1.165, 1.54) is 61.7 Å². The zero-order valence-corrected chi connectivity index (χ0v) is 20.9. The first-order valence-electron chi connectivity index (χ1n) is 12.7. The van der Waals surface area contributed by atoms with Crippen molar-refractivity contribution in [1.82, 2.24) is 4.90 Å². The van der Waals surface area contributed by atoms with Crippen LogP contribution in [-0.4, -0.2) is 48.7 Å². The van der Waals surface area contributed by atoms with Crippen LogP contribution in [0, 0.1) is 0 Å². The van der Waals surface area contributed by atoms with Crippen molar-refractivity contribution < 1.29 is 4.79 Å². The molecule has 2 aromatic rings. The smallest absolute Gasteiger partial charge is 0.266 e. The molecule has 178 valence electrons. The monoisotopic (exact) mass is 474 g/mol. The Labute approximate surface area is 207 Å². The van der Waals surface area contributed by atoms with E-state index >= 15 is 0 Å². The summed E-state index contributed by atoms with van der Waals surface area (Å²) < 4.78 is 0. The first-order chi connectivity index (χ1) is 16.7. The fraction of sp³-hybridized carbons (Fsp3) is 0.429. The van der Waals surface area contributed by atoms with E-state index in [1.54, 1.807) is 4.90 Å². The van der Waals surface area contributed by atoms with Crippen LogP contribution in [0.2, 0.25) is 0 Å². The van der Waals surface area contributed by atoms with Crippen LogP contribution in [0.5, 0.6) is 0 Å². The SMILES string of the molecule is CCN1C(=O)/C(=C/c2ccc(N3CCCCC3)cc2)SC1=Nc1ccc(N2CCCCC2)cc1. The number of amides is 1. The van der Waals surface area contributed by atoms with Gasteiger partial charge in [0.25, 0.3) is 5.91 Å². The number of amidine groups is 1. The lowest BCUT2D eigenvalue weighted by atomic mass is 10.1. The number of hydrogen-bond donors (Lipinski definition) is 0. The number of likely N-dealkylation sites (N-methyl/N-ethyl adjacent to an activating group) is 1. The van der Waals surface area contributed by atoms with Gasteiger partial charge in [0.1, 0.15) is 0 Å². The molecule has 2 aromatic carbocycles. The summed E-state index contributed by atoms with van der Waals surface area (Å²) in [6, 6.07) is 17.0. The van der Waals surface area contributed by atoms with E-state index < -0.39 is 0 Å². The maximum Gasteiger partial charge on any atom is 0.266 e. The number of piperidine rings is 2. The second-order valence-corrected chi connectivity index (χ2v) is 10.3. The van der Waals surface area contributed by atoms with Crippen molar-refractivity contribution in [2.24, 2.45) is 4.99 Å². The first kappa shape index (κ1) is 23.0. The van der Waals surface area contributed by atoms with Gasteiger partial charge in [0.15, 0.2) is 5.17 Å². The van der Waals surface area contributed by atoms with Gasteiger partial charge in [0, 0.05) is 44.1 Å². The highest BCUT2D eigenvalue weighted by atomic mass is 32.2. The molecular weight excluding hydrogens is 440 g/mol. The predicted octanol–water partition coefficient (Wildman–Crippen LogP) is 6.29. The summed E-state index contributed by atoms with van der Waals surface area (Å²) in [7, 11) is 0. The molecule has 3 fully saturated rings. The van der Waals surface area contributed by atoms with Gasteiger partial charge < -0.3 is 9.80 Å². The molecule has 5 nitrogen and oxygen atoms in total. The van der Waals surface area contributed by atoms with Crippen molar-refractivity contribution in [3.8, 4) is 0 Å². The van der Waals surface area contributed by atoms with Crippen molar-refractivity contribution in [2.75, 3.05) is 42.5 Å². The Hall–Kier alpha value is -2.73. The summed E-state index contributed by atoms with van der Waals surface area (Å²) in [5.74, 6) is 0.0382. The Bertz CT molecular complexity index is 1050. The Morgan fingerprint density at radius 3 is 1.85 bits per heavy atom. The Morgan fingerprint density at radius 2 is 1.32 bits per heavy atom. The molecule has 1 amide bonds. The minimum atomic E-state index is 0.0382. The summed E-state index contributed by atoms with van der Waals surface area (Å²) in [4.78, 5) is 25.3.